The number of nitrogens with one attached hydrogen (secondary N) is 1. The number of carbonyl (C=O) groups excluding carboxylic acids is 1. The van der Waals surface area contributed by atoms with Crippen molar-refractivity contribution in [2.75, 3.05) is 18.1 Å². The molecule has 0 spiro atoms. The molecule has 1 N–H and O–H groups in total. The summed E-state index contributed by atoms with van der Waals surface area (Å²) in [5.74, 6) is 0.371. The molecular weight excluding hydrogens is 294 g/mol. The zero-order valence-corrected chi connectivity index (χ0v) is 13.4. The van der Waals surface area contributed by atoms with Crippen molar-refractivity contribution in [3.63, 3.8) is 0 Å². The predicted molar refractivity (Wildman–Crippen MR) is 87.3 cm³/mol. The van der Waals surface area contributed by atoms with Crippen molar-refractivity contribution in [1.82, 2.24) is 9.97 Å². The number of amides is 1. The number of aryl methyl sites for hydroxylation is 1. The molecule has 0 atom stereocenters. The zero-order valence-electron chi connectivity index (χ0n) is 13.4. The van der Waals surface area contributed by atoms with E-state index in [1.807, 2.05) is 26.8 Å². The van der Waals surface area contributed by atoms with Gasteiger partial charge in [0.1, 0.15) is 12.3 Å². The van der Waals surface area contributed by atoms with E-state index in [2.05, 4.69) is 9.97 Å². The molecule has 3 rings (SSSR count). The third-order valence-electron chi connectivity index (χ3n) is 3.79. The monoisotopic (exact) mass is 313 g/mol. The number of ether oxygens (including phenoxy) is 1. The Morgan fingerprint density at radius 3 is 2.87 bits per heavy atom. The summed E-state index contributed by atoms with van der Waals surface area (Å²) in [5, 5.41) is 0. The Hall–Kier alpha value is -2.63. The minimum absolute atomic E-state index is 0.135. The lowest BCUT2D eigenvalue weighted by Crippen LogP contribution is -2.38. The van der Waals surface area contributed by atoms with Crippen LogP contribution in [0.4, 0.5) is 5.69 Å². The van der Waals surface area contributed by atoms with E-state index < -0.39 is 0 Å². The lowest BCUT2D eigenvalue weighted by atomic mass is 10.1. The number of hydrogen-bond acceptors (Lipinski definition) is 4. The van der Waals surface area contributed by atoms with Gasteiger partial charge in [0.2, 0.25) is 11.4 Å². The fourth-order valence-electron chi connectivity index (χ4n) is 2.57. The van der Waals surface area contributed by atoms with Gasteiger partial charge in [-0.25, -0.2) is 4.98 Å². The molecule has 0 saturated heterocycles. The van der Waals surface area contributed by atoms with Gasteiger partial charge in [-0.3, -0.25) is 9.59 Å². The molecule has 23 heavy (non-hydrogen) atoms. The van der Waals surface area contributed by atoms with Crippen LogP contribution in [0.5, 0.6) is 5.88 Å². The van der Waals surface area contributed by atoms with Crippen LogP contribution in [0.15, 0.2) is 29.2 Å². The highest BCUT2D eigenvalue weighted by atomic mass is 16.5. The number of nitrogens with zero attached hydrogens (tertiary/aromatic N) is 2. The average Bonchev–Trinajstić information content (AvgIpc) is 2.53. The van der Waals surface area contributed by atoms with Gasteiger partial charge in [0, 0.05) is 23.5 Å². The molecule has 0 aromatic carbocycles. The van der Waals surface area contributed by atoms with E-state index in [1.165, 1.54) is 6.07 Å². The lowest BCUT2D eigenvalue weighted by molar-refractivity contribution is 0.0975. The molecule has 0 fully saturated rings. The van der Waals surface area contributed by atoms with Crippen molar-refractivity contribution in [3.05, 3.63) is 51.6 Å². The first-order valence-electron chi connectivity index (χ1n) is 7.61. The number of aromatic amines is 1. The van der Waals surface area contributed by atoms with Crippen LogP contribution in [0.2, 0.25) is 0 Å². The van der Waals surface area contributed by atoms with Gasteiger partial charge in [0.15, 0.2) is 0 Å². The fourth-order valence-corrected chi connectivity index (χ4v) is 2.57. The molecule has 1 aliphatic rings. The minimum atomic E-state index is -0.268. The first-order chi connectivity index (χ1) is 11.0. The third kappa shape index (κ3) is 2.97. The Morgan fingerprint density at radius 2 is 2.13 bits per heavy atom. The largest absolute Gasteiger partial charge is 0.474 e. The average molecular weight is 313 g/mol. The molecule has 3 heterocycles. The lowest BCUT2D eigenvalue weighted by Gasteiger charge is -2.29. The maximum atomic E-state index is 12.9. The van der Waals surface area contributed by atoms with E-state index in [0.717, 1.165) is 11.3 Å². The van der Waals surface area contributed by atoms with Crippen molar-refractivity contribution >= 4 is 11.6 Å². The number of carbonyl (C=O) groups is 1. The van der Waals surface area contributed by atoms with E-state index in [1.54, 1.807) is 17.2 Å². The molecule has 1 aliphatic heterocycles. The summed E-state index contributed by atoms with van der Waals surface area (Å²) in [7, 11) is 0. The maximum Gasteiger partial charge on any atom is 0.258 e. The number of fused-ring (bicyclic) bond motifs is 1. The summed E-state index contributed by atoms with van der Waals surface area (Å²) in [6, 6.07) is 4.95. The molecule has 0 bridgehead atoms. The van der Waals surface area contributed by atoms with Gasteiger partial charge in [-0.2, -0.15) is 0 Å². The van der Waals surface area contributed by atoms with Crippen LogP contribution in [0.3, 0.4) is 0 Å². The first kappa shape index (κ1) is 15.3. The fraction of sp³-hybridized carbons (Fsp3) is 0.353. The van der Waals surface area contributed by atoms with Crippen LogP contribution in [0.25, 0.3) is 0 Å². The zero-order chi connectivity index (χ0) is 16.6. The molecule has 2 aromatic heterocycles. The van der Waals surface area contributed by atoms with Gasteiger partial charge in [-0.1, -0.05) is 13.8 Å². The summed E-state index contributed by atoms with van der Waals surface area (Å²) in [6.07, 6.45) is 1.71. The van der Waals surface area contributed by atoms with Crippen LogP contribution < -0.4 is 15.2 Å². The second kappa shape index (κ2) is 5.87. The van der Waals surface area contributed by atoms with E-state index >= 15 is 0 Å². The van der Waals surface area contributed by atoms with Gasteiger partial charge in [-0.05, 0) is 30.5 Å². The van der Waals surface area contributed by atoms with Crippen LogP contribution in [-0.4, -0.2) is 29.0 Å². The molecule has 0 radical (unpaired) electrons. The summed E-state index contributed by atoms with van der Waals surface area (Å²) in [4.78, 5) is 33.3. The van der Waals surface area contributed by atoms with Crippen molar-refractivity contribution < 1.29 is 9.53 Å². The van der Waals surface area contributed by atoms with Crippen molar-refractivity contribution in [2.24, 2.45) is 0 Å². The number of pyridine rings is 2. The molecule has 120 valence electrons. The van der Waals surface area contributed by atoms with Gasteiger partial charge in [0.25, 0.3) is 5.91 Å². The summed E-state index contributed by atoms with van der Waals surface area (Å²) in [6.45, 7) is 6.66. The van der Waals surface area contributed by atoms with Crippen molar-refractivity contribution in [1.29, 1.82) is 0 Å². The molecular formula is C17H19N3O3. The summed E-state index contributed by atoms with van der Waals surface area (Å²) >= 11 is 0. The Bertz CT molecular complexity index is 811. The Kier molecular flexibility index (Phi) is 3.90. The van der Waals surface area contributed by atoms with E-state index in [-0.39, 0.29) is 17.4 Å². The smallest absolute Gasteiger partial charge is 0.258 e. The number of H-pyrrole nitrogens is 1. The second-order valence-corrected chi connectivity index (χ2v) is 5.99. The number of rotatable bonds is 2. The number of hydrogen-bond donors (Lipinski definition) is 1. The molecule has 6 heteroatoms. The van der Waals surface area contributed by atoms with E-state index in [4.69, 9.17) is 4.74 Å². The number of aromatic nitrogens is 2. The highest BCUT2D eigenvalue weighted by molar-refractivity contribution is 6.07. The topological polar surface area (TPSA) is 75.3 Å². The summed E-state index contributed by atoms with van der Waals surface area (Å²) in [5.41, 5.74) is 2.45. The van der Waals surface area contributed by atoms with Gasteiger partial charge in [0.05, 0.1) is 6.54 Å². The summed E-state index contributed by atoms with van der Waals surface area (Å²) < 4.78 is 5.51. The first-order valence-corrected chi connectivity index (χ1v) is 7.61. The van der Waals surface area contributed by atoms with Gasteiger partial charge < -0.3 is 14.6 Å². The van der Waals surface area contributed by atoms with Crippen LogP contribution in [0.1, 0.15) is 41.4 Å². The SMILES string of the molecule is Cc1cnc2c(c1)N(C(=O)c1cc(C(C)C)[nH]c(=O)c1)CCO2. The Morgan fingerprint density at radius 1 is 1.35 bits per heavy atom. The van der Waals surface area contributed by atoms with Crippen LogP contribution in [0, 0.1) is 6.92 Å². The molecule has 0 saturated carbocycles. The highest BCUT2D eigenvalue weighted by Gasteiger charge is 2.26. The molecule has 0 aliphatic carbocycles. The maximum absolute atomic E-state index is 12.9. The van der Waals surface area contributed by atoms with Crippen LogP contribution >= 0.6 is 0 Å². The highest BCUT2D eigenvalue weighted by Crippen LogP contribution is 2.31. The number of anilines is 1. The van der Waals surface area contributed by atoms with Crippen LogP contribution in [-0.2, 0) is 0 Å². The Labute approximate surface area is 134 Å². The second-order valence-electron chi connectivity index (χ2n) is 5.99. The quantitative estimate of drug-likeness (QED) is 0.922. The normalized spacial score (nSPS) is 13.7. The Balaban J connectivity index is 2.02. The van der Waals surface area contributed by atoms with E-state index in [9.17, 15) is 9.59 Å². The third-order valence-corrected chi connectivity index (χ3v) is 3.79. The van der Waals surface area contributed by atoms with Gasteiger partial charge in [-0.15, -0.1) is 0 Å². The molecule has 2 aromatic rings. The predicted octanol–water partition coefficient (Wildman–Crippen LogP) is 2.24. The van der Waals surface area contributed by atoms with E-state index in [0.29, 0.717) is 30.3 Å². The van der Waals surface area contributed by atoms with Crippen molar-refractivity contribution in [3.8, 4) is 5.88 Å². The molecule has 6 nitrogen and oxygen atoms in total. The molecule has 1 amide bonds. The molecule has 0 unspecified atom stereocenters. The van der Waals surface area contributed by atoms with Gasteiger partial charge >= 0.3 is 0 Å². The van der Waals surface area contributed by atoms with Crippen molar-refractivity contribution in [2.45, 2.75) is 26.7 Å². The standard InChI is InChI=1S/C17H19N3O3/c1-10(2)13-7-12(8-15(21)19-13)17(22)20-4-5-23-16-14(20)6-11(3)9-18-16/h6-10H,4-5H2,1-3H3,(H,19,21). The minimum Gasteiger partial charge on any atom is -0.474 e.